The van der Waals surface area contributed by atoms with E-state index in [0.717, 1.165) is 19.0 Å². The van der Waals surface area contributed by atoms with E-state index < -0.39 is 0 Å². The van der Waals surface area contributed by atoms with Gasteiger partial charge in [0.15, 0.2) is 0 Å². The molecule has 1 amide bonds. The summed E-state index contributed by atoms with van der Waals surface area (Å²) in [5, 5.41) is 12.0. The van der Waals surface area contributed by atoms with Crippen LogP contribution in [0.2, 0.25) is 0 Å². The molecule has 1 rings (SSSR count). The first kappa shape index (κ1) is 15.4. The highest BCUT2D eigenvalue weighted by Gasteiger charge is 2.20. The maximum absolute atomic E-state index is 11.9. The fraction of sp³-hybridized carbons (Fsp3) is 0.929. The molecule has 1 aliphatic heterocycles. The van der Waals surface area contributed by atoms with E-state index in [2.05, 4.69) is 31.0 Å². The average molecular weight is 256 g/mol. The molecule has 1 aliphatic rings. The smallest absolute Gasteiger partial charge is 0.234 e. The third kappa shape index (κ3) is 5.36. The molecular formula is C14H28N2O2. The van der Waals surface area contributed by atoms with Gasteiger partial charge in [0.1, 0.15) is 0 Å². The lowest BCUT2D eigenvalue weighted by Crippen LogP contribution is -2.46. The Labute approximate surface area is 111 Å². The molecule has 1 fully saturated rings. The Kier molecular flexibility index (Phi) is 6.65. The first-order chi connectivity index (χ1) is 8.52. The van der Waals surface area contributed by atoms with Gasteiger partial charge in [0, 0.05) is 12.6 Å². The van der Waals surface area contributed by atoms with Gasteiger partial charge in [-0.3, -0.25) is 9.69 Å². The molecule has 0 bridgehead atoms. The highest BCUT2D eigenvalue weighted by molar-refractivity contribution is 5.78. The summed E-state index contributed by atoms with van der Waals surface area (Å²) in [7, 11) is 0. The van der Waals surface area contributed by atoms with Crippen molar-refractivity contribution < 1.29 is 9.90 Å². The quantitative estimate of drug-likeness (QED) is 0.752. The normalized spacial score (nSPS) is 20.1. The van der Waals surface area contributed by atoms with Gasteiger partial charge in [0.25, 0.3) is 0 Å². The first-order valence-corrected chi connectivity index (χ1v) is 7.15. The maximum atomic E-state index is 11.9. The van der Waals surface area contributed by atoms with Crippen molar-refractivity contribution in [2.75, 3.05) is 26.2 Å². The third-order valence-electron chi connectivity index (χ3n) is 3.83. The van der Waals surface area contributed by atoms with Crippen LogP contribution in [0.5, 0.6) is 0 Å². The first-order valence-electron chi connectivity index (χ1n) is 7.15. The molecule has 0 aliphatic carbocycles. The van der Waals surface area contributed by atoms with Crippen LogP contribution in [0.3, 0.4) is 0 Å². The van der Waals surface area contributed by atoms with Crippen molar-refractivity contribution in [3.63, 3.8) is 0 Å². The van der Waals surface area contributed by atoms with Crippen molar-refractivity contribution in [1.29, 1.82) is 0 Å². The SMILES string of the molecule is CC1CCN(CC(=O)NC(CCO)C(C)C)CC1. The Morgan fingerprint density at radius 1 is 1.39 bits per heavy atom. The molecule has 0 spiro atoms. The number of aliphatic hydroxyl groups excluding tert-OH is 1. The van der Waals surface area contributed by atoms with E-state index in [1.54, 1.807) is 0 Å². The largest absolute Gasteiger partial charge is 0.396 e. The average Bonchev–Trinajstić information content (AvgIpc) is 2.31. The summed E-state index contributed by atoms with van der Waals surface area (Å²) in [5.41, 5.74) is 0. The van der Waals surface area contributed by atoms with Crippen molar-refractivity contribution in [1.82, 2.24) is 10.2 Å². The minimum absolute atomic E-state index is 0.0891. The lowest BCUT2D eigenvalue weighted by Gasteiger charge is -2.30. The van der Waals surface area contributed by atoms with Crippen LogP contribution < -0.4 is 5.32 Å². The number of nitrogens with zero attached hydrogens (tertiary/aromatic N) is 1. The molecule has 4 nitrogen and oxygen atoms in total. The van der Waals surface area contributed by atoms with Gasteiger partial charge in [-0.1, -0.05) is 20.8 Å². The Bertz CT molecular complexity index is 248. The maximum Gasteiger partial charge on any atom is 0.234 e. The molecule has 0 aromatic carbocycles. The summed E-state index contributed by atoms with van der Waals surface area (Å²) >= 11 is 0. The number of piperidine rings is 1. The number of amides is 1. The lowest BCUT2D eigenvalue weighted by atomic mass is 9.99. The number of carbonyl (C=O) groups excluding carboxylic acids is 1. The van der Waals surface area contributed by atoms with Crippen LogP contribution in [0.15, 0.2) is 0 Å². The van der Waals surface area contributed by atoms with E-state index in [4.69, 9.17) is 5.11 Å². The van der Waals surface area contributed by atoms with Gasteiger partial charge in [-0.25, -0.2) is 0 Å². The van der Waals surface area contributed by atoms with Crippen LogP contribution in [0.25, 0.3) is 0 Å². The second kappa shape index (κ2) is 7.74. The lowest BCUT2D eigenvalue weighted by molar-refractivity contribution is -0.123. The zero-order valence-electron chi connectivity index (χ0n) is 12.0. The predicted octanol–water partition coefficient (Wildman–Crippen LogP) is 1.24. The van der Waals surface area contributed by atoms with E-state index in [0.29, 0.717) is 18.9 Å². The van der Waals surface area contributed by atoms with E-state index in [9.17, 15) is 4.79 Å². The second-order valence-corrected chi connectivity index (χ2v) is 5.89. The number of hydrogen-bond donors (Lipinski definition) is 2. The minimum Gasteiger partial charge on any atom is -0.396 e. The van der Waals surface area contributed by atoms with Gasteiger partial charge < -0.3 is 10.4 Å². The van der Waals surface area contributed by atoms with E-state index in [1.165, 1.54) is 12.8 Å². The summed E-state index contributed by atoms with van der Waals surface area (Å²) in [5.74, 6) is 1.25. The zero-order chi connectivity index (χ0) is 13.5. The summed E-state index contributed by atoms with van der Waals surface area (Å²) < 4.78 is 0. The van der Waals surface area contributed by atoms with Gasteiger partial charge in [-0.2, -0.15) is 0 Å². The van der Waals surface area contributed by atoms with Gasteiger partial charge in [0.2, 0.25) is 5.91 Å². The Hall–Kier alpha value is -0.610. The third-order valence-corrected chi connectivity index (χ3v) is 3.83. The minimum atomic E-state index is 0.0891. The highest BCUT2D eigenvalue weighted by Crippen LogP contribution is 2.15. The molecule has 0 saturated carbocycles. The Morgan fingerprint density at radius 2 is 2.00 bits per heavy atom. The van der Waals surface area contributed by atoms with Crippen LogP contribution in [-0.2, 0) is 4.79 Å². The number of likely N-dealkylation sites (tertiary alicyclic amines) is 1. The molecule has 1 saturated heterocycles. The molecule has 4 heteroatoms. The fourth-order valence-electron chi connectivity index (χ4n) is 2.39. The number of rotatable bonds is 6. The van der Waals surface area contributed by atoms with E-state index in [1.807, 2.05) is 0 Å². The fourth-order valence-corrected chi connectivity index (χ4v) is 2.39. The van der Waals surface area contributed by atoms with Crippen LogP contribution in [-0.4, -0.2) is 48.2 Å². The topological polar surface area (TPSA) is 52.6 Å². The summed E-state index contributed by atoms with van der Waals surface area (Å²) in [6.45, 7) is 9.10. The van der Waals surface area contributed by atoms with Crippen molar-refractivity contribution in [3.8, 4) is 0 Å². The molecule has 1 heterocycles. The van der Waals surface area contributed by atoms with Crippen molar-refractivity contribution in [2.24, 2.45) is 11.8 Å². The van der Waals surface area contributed by atoms with E-state index in [-0.39, 0.29) is 18.6 Å². The van der Waals surface area contributed by atoms with E-state index >= 15 is 0 Å². The summed E-state index contributed by atoms with van der Waals surface area (Å²) in [6.07, 6.45) is 3.02. The molecule has 1 unspecified atom stereocenters. The summed E-state index contributed by atoms with van der Waals surface area (Å²) in [4.78, 5) is 14.2. The van der Waals surface area contributed by atoms with Crippen LogP contribution in [0.1, 0.15) is 40.0 Å². The van der Waals surface area contributed by atoms with Gasteiger partial charge in [0.05, 0.1) is 6.54 Å². The predicted molar refractivity (Wildman–Crippen MR) is 73.3 cm³/mol. The standard InChI is InChI=1S/C14H28N2O2/c1-11(2)13(6-9-17)15-14(18)10-16-7-4-12(3)5-8-16/h11-13,17H,4-10H2,1-3H3,(H,15,18). The molecule has 1 atom stereocenters. The zero-order valence-corrected chi connectivity index (χ0v) is 12.0. The van der Waals surface area contributed by atoms with Crippen LogP contribution in [0.4, 0.5) is 0 Å². The number of nitrogens with one attached hydrogen (secondary N) is 1. The van der Waals surface area contributed by atoms with Crippen LogP contribution in [0, 0.1) is 11.8 Å². The molecule has 18 heavy (non-hydrogen) atoms. The Morgan fingerprint density at radius 3 is 2.50 bits per heavy atom. The molecular weight excluding hydrogens is 228 g/mol. The summed E-state index contributed by atoms with van der Waals surface area (Å²) in [6, 6.07) is 0.0891. The second-order valence-electron chi connectivity index (χ2n) is 5.89. The molecule has 0 radical (unpaired) electrons. The molecule has 2 N–H and O–H groups in total. The highest BCUT2D eigenvalue weighted by atomic mass is 16.3. The van der Waals surface area contributed by atoms with Crippen molar-refractivity contribution >= 4 is 5.91 Å². The van der Waals surface area contributed by atoms with Gasteiger partial charge in [-0.15, -0.1) is 0 Å². The van der Waals surface area contributed by atoms with Gasteiger partial charge >= 0.3 is 0 Å². The molecule has 0 aromatic heterocycles. The molecule has 106 valence electrons. The molecule has 0 aromatic rings. The van der Waals surface area contributed by atoms with Gasteiger partial charge in [-0.05, 0) is 44.2 Å². The number of carbonyl (C=O) groups is 1. The van der Waals surface area contributed by atoms with Crippen LogP contribution >= 0.6 is 0 Å². The number of aliphatic hydroxyl groups is 1. The monoisotopic (exact) mass is 256 g/mol. The van der Waals surface area contributed by atoms with Crippen molar-refractivity contribution in [3.05, 3.63) is 0 Å². The number of hydrogen-bond acceptors (Lipinski definition) is 3. The Balaban J connectivity index is 2.31. The van der Waals surface area contributed by atoms with Crippen molar-refractivity contribution in [2.45, 2.75) is 46.1 Å².